The van der Waals surface area contributed by atoms with Crippen LogP contribution in [0.1, 0.15) is 33.6 Å². The Labute approximate surface area is 97.4 Å². The number of hydrogen-bond acceptors (Lipinski definition) is 2. The molecular formula is C14H20O2. The largest absolute Gasteiger partial charge is 0.458 e. The summed E-state index contributed by atoms with van der Waals surface area (Å²) >= 11 is 0. The first-order valence-corrected chi connectivity index (χ1v) is 5.94. The van der Waals surface area contributed by atoms with E-state index in [0.717, 1.165) is 12.3 Å². The smallest absolute Gasteiger partial charge is 0.333 e. The second-order valence-electron chi connectivity index (χ2n) is 5.68. The fourth-order valence-electron chi connectivity index (χ4n) is 2.91. The lowest BCUT2D eigenvalue weighted by molar-refractivity contribution is -0.138. The standard InChI is InChI=1S/C14H20O2/c1-9(2)13(15)16-8-10-5-6-11-7-12(10)14(11,3)4/h5,11-12H,1,6-8H2,2-4H3. The molecule has 0 N–H and O–H groups in total. The van der Waals surface area contributed by atoms with Gasteiger partial charge in [-0.05, 0) is 42.6 Å². The summed E-state index contributed by atoms with van der Waals surface area (Å²) in [7, 11) is 0. The molecule has 1 fully saturated rings. The Bertz CT molecular complexity index is 363. The second kappa shape index (κ2) is 3.76. The van der Waals surface area contributed by atoms with E-state index in [1.165, 1.54) is 12.0 Å². The van der Waals surface area contributed by atoms with Crippen molar-refractivity contribution in [1.82, 2.24) is 0 Å². The third-order valence-electron chi connectivity index (χ3n) is 4.30. The average molecular weight is 220 g/mol. The molecule has 0 aromatic heterocycles. The SMILES string of the molecule is C=C(C)C(=O)OCC1=CCC2CC1C2(C)C. The fourth-order valence-corrected chi connectivity index (χ4v) is 2.91. The maximum absolute atomic E-state index is 11.3. The molecule has 0 saturated heterocycles. The molecule has 0 aliphatic heterocycles. The average Bonchev–Trinajstić information content (AvgIpc) is 2.25. The Balaban J connectivity index is 1.94. The number of rotatable bonds is 3. The highest BCUT2D eigenvalue weighted by Crippen LogP contribution is 2.59. The van der Waals surface area contributed by atoms with Crippen LogP contribution in [0.15, 0.2) is 23.8 Å². The van der Waals surface area contributed by atoms with E-state index in [0.29, 0.717) is 23.5 Å². The molecule has 0 heterocycles. The molecule has 3 aliphatic carbocycles. The lowest BCUT2D eigenvalue weighted by Gasteiger charge is -2.56. The van der Waals surface area contributed by atoms with Crippen molar-refractivity contribution in [2.45, 2.75) is 33.6 Å². The van der Waals surface area contributed by atoms with Gasteiger partial charge in [0.25, 0.3) is 0 Å². The number of fused-ring (bicyclic) bond motifs is 1. The molecule has 2 unspecified atom stereocenters. The molecule has 0 spiro atoms. The van der Waals surface area contributed by atoms with Crippen molar-refractivity contribution in [2.75, 3.05) is 6.61 Å². The minimum atomic E-state index is -0.278. The second-order valence-corrected chi connectivity index (χ2v) is 5.68. The Hall–Kier alpha value is -1.05. The van der Waals surface area contributed by atoms with Crippen LogP contribution in [0.4, 0.5) is 0 Å². The Morgan fingerprint density at radius 3 is 2.81 bits per heavy atom. The zero-order chi connectivity index (χ0) is 11.9. The van der Waals surface area contributed by atoms with Gasteiger partial charge >= 0.3 is 5.97 Å². The monoisotopic (exact) mass is 220 g/mol. The van der Waals surface area contributed by atoms with Crippen molar-refractivity contribution in [2.24, 2.45) is 17.3 Å². The van der Waals surface area contributed by atoms with Gasteiger partial charge in [0.2, 0.25) is 0 Å². The summed E-state index contributed by atoms with van der Waals surface area (Å²) in [5, 5.41) is 0. The summed E-state index contributed by atoms with van der Waals surface area (Å²) in [6, 6.07) is 0. The van der Waals surface area contributed by atoms with Crippen LogP contribution in [0, 0.1) is 17.3 Å². The first-order chi connectivity index (χ1) is 7.43. The van der Waals surface area contributed by atoms with Crippen molar-refractivity contribution >= 4 is 5.97 Å². The van der Waals surface area contributed by atoms with E-state index in [-0.39, 0.29) is 5.97 Å². The van der Waals surface area contributed by atoms with Crippen molar-refractivity contribution in [3.63, 3.8) is 0 Å². The topological polar surface area (TPSA) is 26.3 Å². The van der Waals surface area contributed by atoms with Crippen LogP contribution in [-0.2, 0) is 9.53 Å². The molecule has 1 saturated carbocycles. The lowest BCUT2D eigenvalue weighted by Crippen LogP contribution is -2.48. The first-order valence-electron chi connectivity index (χ1n) is 5.94. The molecule has 0 aromatic rings. The molecule has 0 amide bonds. The van der Waals surface area contributed by atoms with E-state index in [1.807, 2.05) is 0 Å². The molecule has 2 nitrogen and oxygen atoms in total. The van der Waals surface area contributed by atoms with Gasteiger partial charge in [-0.15, -0.1) is 0 Å². The zero-order valence-electron chi connectivity index (χ0n) is 10.4. The lowest BCUT2D eigenvalue weighted by atomic mass is 9.49. The first kappa shape index (κ1) is 11.4. The molecule has 0 aromatic carbocycles. The van der Waals surface area contributed by atoms with E-state index < -0.39 is 0 Å². The number of ether oxygens (including phenoxy) is 1. The number of allylic oxidation sites excluding steroid dienone is 1. The van der Waals surface area contributed by atoms with Crippen molar-refractivity contribution in [3.05, 3.63) is 23.8 Å². The number of carbonyl (C=O) groups excluding carboxylic acids is 1. The zero-order valence-corrected chi connectivity index (χ0v) is 10.4. The quantitative estimate of drug-likeness (QED) is 0.415. The van der Waals surface area contributed by atoms with Gasteiger partial charge in [0.1, 0.15) is 6.61 Å². The molecule has 2 bridgehead atoms. The van der Waals surface area contributed by atoms with E-state index in [1.54, 1.807) is 6.92 Å². The normalized spacial score (nSPS) is 30.1. The van der Waals surface area contributed by atoms with E-state index in [2.05, 4.69) is 26.5 Å². The third kappa shape index (κ3) is 1.70. The van der Waals surface area contributed by atoms with Crippen LogP contribution < -0.4 is 0 Å². The van der Waals surface area contributed by atoms with Crippen molar-refractivity contribution in [1.29, 1.82) is 0 Å². The van der Waals surface area contributed by atoms with Crippen LogP contribution in [0.25, 0.3) is 0 Å². The van der Waals surface area contributed by atoms with Crippen LogP contribution in [-0.4, -0.2) is 12.6 Å². The van der Waals surface area contributed by atoms with Crippen LogP contribution in [0.5, 0.6) is 0 Å². The predicted molar refractivity (Wildman–Crippen MR) is 63.9 cm³/mol. The molecular weight excluding hydrogens is 200 g/mol. The van der Waals surface area contributed by atoms with E-state index in [4.69, 9.17) is 4.74 Å². The van der Waals surface area contributed by atoms with Gasteiger partial charge in [0.05, 0.1) is 0 Å². The Morgan fingerprint density at radius 1 is 1.62 bits per heavy atom. The summed E-state index contributed by atoms with van der Waals surface area (Å²) in [4.78, 5) is 11.3. The predicted octanol–water partition coefficient (Wildman–Crippen LogP) is 3.10. The van der Waals surface area contributed by atoms with Gasteiger partial charge in [-0.25, -0.2) is 4.79 Å². The maximum Gasteiger partial charge on any atom is 0.333 e. The number of esters is 1. The van der Waals surface area contributed by atoms with Crippen LogP contribution in [0.2, 0.25) is 0 Å². The van der Waals surface area contributed by atoms with E-state index in [9.17, 15) is 4.79 Å². The molecule has 88 valence electrons. The molecule has 3 aliphatic rings. The van der Waals surface area contributed by atoms with Crippen molar-refractivity contribution in [3.8, 4) is 0 Å². The van der Waals surface area contributed by atoms with E-state index >= 15 is 0 Å². The highest BCUT2D eigenvalue weighted by Gasteiger charge is 2.51. The summed E-state index contributed by atoms with van der Waals surface area (Å²) in [5.74, 6) is 1.17. The highest BCUT2D eigenvalue weighted by atomic mass is 16.5. The maximum atomic E-state index is 11.3. The Morgan fingerprint density at radius 2 is 2.31 bits per heavy atom. The number of hydrogen-bond donors (Lipinski definition) is 0. The summed E-state index contributed by atoms with van der Waals surface area (Å²) in [5.41, 5.74) is 2.18. The van der Waals surface area contributed by atoms with Gasteiger partial charge < -0.3 is 4.74 Å². The molecule has 3 rings (SSSR count). The fraction of sp³-hybridized carbons (Fsp3) is 0.643. The summed E-state index contributed by atoms with van der Waals surface area (Å²) in [6.07, 6.45) is 4.67. The minimum absolute atomic E-state index is 0.278. The van der Waals surface area contributed by atoms with Gasteiger partial charge in [-0.2, -0.15) is 0 Å². The van der Waals surface area contributed by atoms with Crippen LogP contribution >= 0.6 is 0 Å². The summed E-state index contributed by atoms with van der Waals surface area (Å²) in [6.45, 7) is 10.4. The molecule has 0 radical (unpaired) electrons. The van der Waals surface area contributed by atoms with Gasteiger partial charge in [-0.1, -0.05) is 26.5 Å². The van der Waals surface area contributed by atoms with Crippen molar-refractivity contribution < 1.29 is 9.53 Å². The summed E-state index contributed by atoms with van der Waals surface area (Å²) < 4.78 is 5.22. The molecule has 2 heteroatoms. The minimum Gasteiger partial charge on any atom is -0.458 e. The number of carbonyl (C=O) groups is 1. The van der Waals surface area contributed by atoms with Crippen LogP contribution in [0.3, 0.4) is 0 Å². The molecule has 16 heavy (non-hydrogen) atoms. The third-order valence-corrected chi connectivity index (χ3v) is 4.30. The van der Waals surface area contributed by atoms with Gasteiger partial charge in [0.15, 0.2) is 0 Å². The van der Waals surface area contributed by atoms with Gasteiger partial charge in [-0.3, -0.25) is 0 Å². The highest BCUT2D eigenvalue weighted by molar-refractivity contribution is 5.87. The Kier molecular flexibility index (Phi) is 2.69. The van der Waals surface area contributed by atoms with Gasteiger partial charge in [0, 0.05) is 5.57 Å². The molecule has 2 atom stereocenters.